The maximum Gasteiger partial charge on any atom is 0.119 e. The summed E-state index contributed by atoms with van der Waals surface area (Å²) in [5, 5.41) is 23.7. The lowest BCUT2D eigenvalue weighted by atomic mass is 10.1. The molecule has 4 aromatic rings. The average molecular weight is 344 g/mol. The highest BCUT2D eigenvalue weighted by Crippen LogP contribution is 2.27. The summed E-state index contributed by atoms with van der Waals surface area (Å²) < 4.78 is 0. The Morgan fingerprint density at radius 3 is 2.46 bits per heavy atom. The van der Waals surface area contributed by atoms with Gasteiger partial charge in [-0.3, -0.25) is 0 Å². The van der Waals surface area contributed by atoms with Crippen molar-refractivity contribution in [1.82, 2.24) is 20.5 Å². The van der Waals surface area contributed by atoms with Crippen molar-refractivity contribution in [3.8, 4) is 11.3 Å². The summed E-state index contributed by atoms with van der Waals surface area (Å²) in [6, 6.07) is 20.1. The fraction of sp³-hybridized carbons (Fsp3) is 0.190. The average Bonchev–Trinajstić information content (AvgIpc) is 2.68. The van der Waals surface area contributed by atoms with E-state index in [4.69, 9.17) is 4.98 Å². The van der Waals surface area contributed by atoms with E-state index in [0.717, 1.165) is 38.8 Å². The van der Waals surface area contributed by atoms with E-state index in [2.05, 4.69) is 15.5 Å². The molecule has 2 aromatic heterocycles. The molecule has 1 unspecified atom stereocenters. The molecule has 0 spiro atoms. The third-order valence-corrected chi connectivity index (χ3v) is 4.32. The van der Waals surface area contributed by atoms with Gasteiger partial charge in [0.05, 0.1) is 23.0 Å². The molecule has 5 nitrogen and oxygen atoms in total. The Labute approximate surface area is 151 Å². The van der Waals surface area contributed by atoms with E-state index < -0.39 is 6.10 Å². The topological polar surface area (TPSA) is 70.9 Å². The Morgan fingerprint density at radius 2 is 1.69 bits per heavy atom. The number of benzene rings is 2. The molecule has 0 saturated heterocycles. The minimum absolute atomic E-state index is 0.391. The van der Waals surface area contributed by atoms with E-state index >= 15 is 0 Å². The Balaban J connectivity index is 1.84. The molecule has 2 N–H and O–H groups in total. The number of aliphatic hydroxyl groups excluding tert-OH is 1. The molecule has 0 bridgehead atoms. The summed E-state index contributed by atoms with van der Waals surface area (Å²) in [6.45, 7) is 2.88. The van der Waals surface area contributed by atoms with Crippen molar-refractivity contribution in [3.63, 3.8) is 0 Å². The van der Waals surface area contributed by atoms with Gasteiger partial charge in [0.2, 0.25) is 0 Å². The van der Waals surface area contributed by atoms with Crippen molar-refractivity contribution >= 4 is 21.8 Å². The number of aliphatic hydroxyl groups is 1. The van der Waals surface area contributed by atoms with Crippen molar-refractivity contribution in [1.29, 1.82) is 0 Å². The first kappa shape index (κ1) is 16.6. The summed E-state index contributed by atoms with van der Waals surface area (Å²) >= 11 is 0. The Hall–Kier alpha value is -2.89. The third kappa shape index (κ3) is 3.27. The van der Waals surface area contributed by atoms with Crippen LogP contribution >= 0.6 is 0 Å². The fourth-order valence-electron chi connectivity index (χ4n) is 3.09. The van der Waals surface area contributed by atoms with Crippen LogP contribution in [0, 0.1) is 0 Å². The van der Waals surface area contributed by atoms with Gasteiger partial charge in [-0.1, -0.05) is 54.6 Å². The van der Waals surface area contributed by atoms with Crippen LogP contribution in [-0.2, 0) is 6.54 Å². The van der Waals surface area contributed by atoms with Crippen LogP contribution in [0.25, 0.3) is 33.1 Å². The molecule has 2 heterocycles. The van der Waals surface area contributed by atoms with Crippen molar-refractivity contribution in [2.45, 2.75) is 19.6 Å². The number of fused-ring (bicyclic) bond motifs is 3. The number of nitrogens with one attached hydrogen (secondary N) is 1. The third-order valence-electron chi connectivity index (χ3n) is 4.32. The van der Waals surface area contributed by atoms with Gasteiger partial charge in [0.25, 0.3) is 0 Å². The highest BCUT2D eigenvalue weighted by Gasteiger charge is 2.11. The molecule has 0 aliphatic carbocycles. The lowest BCUT2D eigenvalue weighted by Gasteiger charge is -2.11. The SMILES string of the molecule is CC(O)CNCc1nc2cc(-c3ccccc3)nnc2c2ccccc12. The molecule has 5 heteroatoms. The molecule has 0 radical (unpaired) electrons. The van der Waals surface area contributed by atoms with Gasteiger partial charge in [0, 0.05) is 29.4 Å². The van der Waals surface area contributed by atoms with Crippen molar-refractivity contribution in [2.24, 2.45) is 0 Å². The number of pyridine rings is 1. The zero-order valence-electron chi connectivity index (χ0n) is 14.6. The largest absolute Gasteiger partial charge is 0.392 e. The first-order chi connectivity index (χ1) is 12.7. The predicted molar refractivity (Wildman–Crippen MR) is 104 cm³/mol. The highest BCUT2D eigenvalue weighted by molar-refractivity contribution is 6.04. The molecular weight excluding hydrogens is 324 g/mol. The first-order valence-corrected chi connectivity index (χ1v) is 8.71. The highest BCUT2D eigenvalue weighted by atomic mass is 16.3. The molecule has 2 aromatic carbocycles. The zero-order valence-corrected chi connectivity index (χ0v) is 14.6. The van der Waals surface area contributed by atoms with E-state index in [1.54, 1.807) is 6.92 Å². The second-order valence-electron chi connectivity index (χ2n) is 6.41. The van der Waals surface area contributed by atoms with Gasteiger partial charge in [-0.2, -0.15) is 0 Å². The van der Waals surface area contributed by atoms with Gasteiger partial charge in [0.1, 0.15) is 5.52 Å². The first-order valence-electron chi connectivity index (χ1n) is 8.71. The number of hydrogen-bond acceptors (Lipinski definition) is 5. The molecule has 0 fully saturated rings. The molecule has 0 aliphatic heterocycles. The van der Waals surface area contributed by atoms with Crippen LogP contribution in [0.2, 0.25) is 0 Å². The van der Waals surface area contributed by atoms with Crippen LogP contribution in [-0.4, -0.2) is 32.9 Å². The van der Waals surface area contributed by atoms with Crippen molar-refractivity contribution < 1.29 is 5.11 Å². The lowest BCUT2D eigenvalue weighted by molar-refractivity contribution is 0.191. The Morgan fingerprint density at radius 1 is 0.962 bits per heavy atom. The summed E-state index contributed by atoms with van der Waals surface area (Å²) in [6.07, 6.45) is -0.391. The van der Waals surface area contributed by atoms with Crippen LogP contribution < -0.4 is 5.32 Å². The van der Waals surface area contributed by atoms with Crippen LogP contribution in [0.15, 0.2) is 60.7 Å². The minimum Gasteiger partial charge on any atom is -0.392 e. The zero-order chi connectivity index (χ0) is 17.9. The van der Waals surface area contributed by atoms with Gasteiger partial charge in [-0.15, -0.1) is 10.2 Å². The Bertz CT molecular complexity index is 1050. The number of hydrogen-bond donors (Lipinski definition) is 2. The van der Waals surface area contributed by atoms with Gasteiger partial charge >= 0.3 is 0 Å². The van der Waals surface area contributed by atoms with Crippen LogP contribution in [0.1, 0.15) is 12.6 Å². The molecule has 26 heavy (non-hydrogen) atoms. The second kappa shape index (κ2) is 7.15. The number of nitrogens with zero attached hydrogens (tertiary/aromatic N) is 3. The minimum atomic E-state index is -0.391. The van der Waals surface area contributed by atoms with E-state index in [1.165, 1.54) is 0 Å². The maximum absolute atomic E-state index is 9.48. The monoisotopic (exact) mass is 344 g/mol. The molecule has 0 amide bonds. The molecular formula is C21H20N4O. The molecule has 130 valence electrons. The smallest absolute Gasteiger partial charge is 0.119 e. The van der Waals surface area contributed by atoms with E-state index in [9.17, 15) is 5.11 Å². The van der Waals surface area contributed by atoms with Crippen molar-refractivity contribution in [3.05, 3.63) is 66.4 Å². The van der Waals surface area contributed by atoms with Crippen LogP contribution in [0.3, 0.4) is 0 Å². The molecule has 0 saturated carbocycles. The summed E-state index contributed by atoms with van der Waals surface area (Å²) in [4.78, 5) is 4.84. The second-order valence-corrected chi connectivity index (χ2v) is 6.41. The van der Waals surface area contributed by atoms with Gasteiger partial charge in [0.15, 0.2) is 0 Å². The van der Waals surface area contributed by atoms with Crippen LogP contribution in [0.5, 0.6) is 0 Å². The van der Waals surface area contributed by atoms with E-state index in [0.29, 0.717) is 13.1 Å². The number of rotatable bonds is 5. The lowest BCUT2D eigenvalue weighted by Crippen LogP contribution is -2.24. The summed E-state index contributed by atoms with van der Waals surface area (Å²) in [7, 11) is 0. The summed E-state index contributed by atoms with van der Waals surface area (Å²) in [5.41, 5.74) is 4.40. The summed E-state index contributed by atoms with van der Waals surface area (Å²) in [5.74, 6) is 0. The molecule has 4 rings (SSSR count). The Kier molecular flexibility index (Phi) is 4.56. The van der Waals surface area contributed by atoms with Gasteiger partial charge in [-0.25, -0.2) is 4.98 Å². The van der Waals surface area contributed by atoms with E-state index in [-0.39, 0.29) is 0 Å². The molecule has 1 atom stereocenters. The van der Waals surface area contributed by atoms with Gasteiger partial charge in [-0.05, 0) is 13.0 Å². The quantitative estimate of drug-likeness (QED) is 0.544. The maximum atomic E-state index is 9.48. The standard InChI is InChI=1S/C21H20N4O/c1-14(26)12-22-13-20-16-9-5-6-10-17(16)21-19(23-20)11-18(24-25-21)15-7-3-2-4-8-15/h2-11,14,22,26H,12-13H2,1H3. The normalized spacial score (nSPS) is 12.5. The molecule has 0 aliphatic rings. The van der Waals surface area contributed by atoms with Gasteiger partial charge < -0.3 is 10.4 Å². The van der Waals surface area contributed by atoms with Crippen molar-refractivity contribution in [2.75, 3.05) is 6.54 Å². The predicted octanol–water partition coefficient (Wildman–Crippen LogP) is 3.32. The fourth-order valence-corrected chi connectivity index (χ4v) is 3.09. The number of aromatic nitrogens is 3. The van der Waals surface area contributed by atoms with Crippen LogP contribution in [0.4, 0.5) is 0 Å². The van der Waals surface area contributed by atoms with E-state index in [1.807, 2.05) is 60.7 Å².